The Labute approximate surface area is 111 Å². The van der Waals surface area contributed by atoms with Crippen molar-refractivity contribution in [1.29, 1.82) is 0 Å². The van der Waals surface area contributed by atoms with Crippen LogP contribution in [-0.2, 0) is 16.1 Å². The second-order valence-electron chi connectivity index (χ2n) is 4.24. The smallest absolute Gasteiger partial charge is 0.218 e. The Bertz CT molecular complexity index is 384. The standard InChI is InChI=1S/C12H17ClN2O3/c1-16-8-11-14-10(13)6-12(15-11)18-7-9-2-4-17-5-3-9/h6,9H,2-5,7-8H2,1H3. The highest BCUT2D eigenvalue weighted by Crippen LogP contribution is 2.18. The Morgan fingerprint density at radius 1 is 1.39 bits per heavy atom. The van der Waals surface area contributed by atoms with E-state index < -0.39 is 0 Å². The van der Waals surface area contributed by atoms with Crippen LogP contribution >= 0.6 is 11.6 Å². The fourth-order valence-electron chi connectivity index (χ4n) is 1.83. The van der Waals surface area contributed by atoms with Gasteiger partial charge in [-0.05, 0) is 18.8 Å². The Kier molecular flexibility index (Phi) is 5.16. The van der Waals surface area contributed by atoms with E-state index in [4.69, 9.17) is 25.8 Å². The Hall–Kier alpha value is -0.910. The van der Waals surface area contributed by atoms with Crippen molar-refractivity contribution in [2.24, 2.45) is 5.92 Å². The Balaban J connectivity index is 1.91. The highest BCUT2D eigenvalue weighted by Gasteiger charge is 2.15. The summed E-state index contributed by atoms with van der Waals surface area (Å²) in [6, 6.07) is 1.63. The zero-order valence-corrected chi connectivity index (χ0v) is 11.2. The number of hydrogen-bond acceptors (Lipinski definition) is 5. The van der Waals surface area contributed by atoms with E-state index in [1.54, 1.807) is 13.2 Å². The summed E-state index contributed by atoms with van der Waals surface area (Å²) in [4.78, 5) is 8.28. The number of methoxy groups -OCH3 is 1. The molecule has 0 radical (unpaired) electrons. The van der Waals surface area contributed by atoms with Crippen molar-refractivity contribution in [3.8, 4) is 5.88 Å². The maximum absolute atomic E-state index is 5.90. The monoisotopic (exact) mass is 272 g/mol. The lowest BCUT2D eigenvalue weighted by molar-refractivity contribution is 0.0489. The van der Waals surface area contributed by atoms with Crippen molar-refractivity contribution in [2.75, 3.05) is 26.9 Å². The van der Waals surface area contributed by atoms with E-state index >= 15 is 0 Å². The summed E-state index contributed by atoms with van der Waals surface area (Å²) in [5.41, 5.74) is 0. The second-order valence-corrected chi connectivity index (χ2v) is 4.63. The van der Waals surface area contributed by atoms with E-state index in [1.165, 1.54) is 0 Å². The lowest BCUT2D eigenvalue weighted by atomic mass is 10.0. The molecule has 0 bridgehead atoms. The molecule has 0 atom stereocenters. The summed E-state index contributed by atoms with van der Waals surface area (Å²) in [6.45, 7) is 2.60. The third kappa shape index (κ3) is 4.08. The topological polar surface area (TPSA) is 53.5 Å². The van der Waals surface area contributed by atoms with Crippen molar-refractivity contribution in [1.82, 2.24) is 9.97 Å². The fourth-order valence-corrected chi connectivity index (χ4v) is 2.02. The molecule has 2 heterocycles. The highest BCUT2D eigenvalue weighted by molar-refractivity contribution is 6.29. The minimum atomic E-state index is 0.328. The van der Waals surface area contributed by atoms with Gasteiger partial charge in [-0.3, -0.25) is 0 Å². The minimum absolute atomic E-state index is 0.328. The first-order chi connectivity index (χ1) is 8.78. The third-order valence-electron chi connectivity index (χ3n) is 2.80. The van der Waals surface area contributed by atoms with Gasteiger partial charge in [0.1, 0.15) is 11.8 Å². The normalized spacial score (nSPS) is 16.8. The molecule has 6 heteroatoms. The van der Waals surface area contributed by atoms with Crippen LogP contribution in [0.2, 0.25) is 5.15 Å². The van der Waals surface area contributed by atoms with Gasteiger partial charge in [0.2, 0.25) is 5.88 Å². The molecule has 0 aromatic carbocycles. The molecule has 0 unspecified atom stereocenters. The molecule has 1 saturated heterocycles. The first-order valence-corrected chi connectivity index (χ1v) is 6.38. The SMILES string of the molecule is COCc1nc(Cl)cc(OCC2CCOCC2)n1. The molecule has 1 fully saturated rings. The van der Waals surface area contributed by atoms with Crippen LogP contribution in [0, 0.1) is 5.92 Å². The summed E-state index contributed by atoms with van der Waals surface area (Å²) in [5.74, 6) is 1.57. The Morgan fingerprint density at radius 2 is 2.17 bits per heavy atom. The molecule has 0 aliphatic carbocycles. The van der Waals surface area contributed by atoms with Gasteiger partial charge in [0.05, 0.1) is 6.61 Å². The van der Waals surface area contributed by atoms with Gasteiger partial charge in [-0.15, -0.1) is 0 Å². The summed E-state index contributed by atoms with van der Waals surface area (Å²) in [7, 11) is 1.59. The van der Waals surface area contributed by atoms with E-state index in [0.29, 0.717) is 36.0 Å². The average molecular weight is 273 g/mol. The van der Waals surface area contributed by atoms with Crippen LogP contribution in [0.4, 0.5) is 0 Å². The van der Waals surface area contributed by atoms with Gasteiger partial charge in [-0.2, -0.15) is 4.98 Å². The first kappa shape index (κ1) is 13.5. The average Bonchev–Trinajstić information content (AvgIpc) is 2.37. The lowest BCUT2D eigenvalue weighted by Gasteiger charge is -2.21. The number of nitrogens with zero attached hydrogens (tertiary/aromatic N) is 2. The molecule has 0 spiro atoms. The highest BCUT2D eigenvalue weighted by atomic mass is 35.5. The van der Waals surface area contributed by atoms with Crippen LogP contribution in [0.3, 0.4) is 0 Å². The van der Waals surface area contributed by atoms with Crippen LogP contribution in [0.15, 0.2) is 6.07 Å². The van der Waals surface area contributed by atoms with Gasteiger partial charge >= 0.3 is 0 Å². The quantitative estimate of drug-likeness (QED) is 0.768. The van der Waals surface area contributed by atoms with Crippen molar-refractivity contribution >= 4 is 11.6 Å². The van der Waals surface area contributed by atoms with Crippen LogP contribution in [0.25, 0.3) is 0 Å². The van der Waals surface area contributed by atoms with Crippen molar-refractivity contribution in [2.45, 2.75) is 19.4 Å². The molecule has 0 N–H and O–H groups in total. The van der Waals surface area contributed by atoms with E-state index in [-0.39, 0.29) is 0 Å². The molecule has 1 aliphatic heterocycles. The maximum Gasteiger partial charge on any atom is 0.218 e. The van der Waals surface area contributed by atoms with Gasteiger partial charge in [0.15, 0.2) is 5.82 Å². The number of ether oxygens (including phenoxy) is 3. The van der Waals surface area contributed by atoms with Crippen LogP contribution < -0.4 is 4.74 Å². The van der Waals surface area contributed by atoms with E-state index in [0.717, 1.165) is 26.1 Å². The van der Waals surface area contributed by atoms with Gasteiger partial charge in [-0.1, -0.05) is 11.6 Å². The van der Waals surface area contributed by atoms with E-state index in [2.05, 4.69) is 9.97 Å². The Morgan fingerprint density at radius 3 is 2.89 bits per heavy atom. The minimum Gasteiger partial charge on any atom is -0.477 e. The van der Waals surface area contributed by atoms with Crippen LogP contribution in [0.1, 0.15) is 18.7 Å². The first-order valence-electron chi connectivity index (χ1n) is 6.01. The number of rotatable bonds is 5. The number of aromatic nitrogens is 2. The van der Waals surface area contributed by atoms with Crippen LogP contribution in [0.5, 0.6) is 5.88 Å². The van der Waals surface area contributed by atoms with Gasteiger partial charge in [-0.25, -0.2) is 4.98 Å². The molecule has 18 heavy (non-hydrogen) atoms. The zero-order valence-electron chi connectivity index (χ0n) is 10.4. The predicted octanol–water partition coefficient (Wildman–Crippen LogP) is 2.08. The molecule has 1 aromatic heterocycles. The second kappa shape index (κ2) is 6.87. The summed E-state index contributed by atoms with van der Waals surface area (Å²) < 4.78 is 15.9. The van der Waals surface area contributed by atoms with Gasteiger partial charge in [0.25, 0.3) is 0 Å². The summed E-state index contributed by atoms with van der Waals surface area (Å²) >= 11 is 5.90. The van der Waals surface area contributed by atoms with Crippen molar-refractivity contribution < 1.29 is 14.2 Å². The zero-order chi connectivity index (χ0) is 12.8. The maximum atomic E-state index is 5.90. The molecule has 1 aliphatic rings. The summed E-state index contributed by atoms with van der Waals surface area (Å²) in [6.07, 6.45) is 2.06. The van der Waals surface area contributed by atoms with E-state index in [1.807, 2.05) is 0 Å². The van der Waals surface area contributed by atoms with Gasteiger partial charge < -0.3 is 14.2 Å². The fraction of sp³-hybridized carbons (Fsp3) is 0.667. The lowest BCUT2D eigenvalue weighted by Crippen LogP contribution is -2.21. The largest absolute Gasteiger partial charge is 0.477 e. The molecular weight excluding hydrogens is 256 g/mol. The van der Waals surface area contributed by atoms with Crippen molar-refractivity contribution in [3.63, 3.8) is 0 Å². The molecule has 2 rings (SSSR count). The number of hydrogen-bond donors (Lipinski definition) is 0. The predicted molar refractivity (Wildman–Crippen MR) is 66.8 cm³/mol. The third-order valence-corrected chi connectivity index (χ3v) is 2.99. The molecule has 1 aromatic rings. The van der Waals surface area contributed by atoms with Crippen LogP contribution in [-0.4, -0.2) is 36.9 Å². The molecule has 100 valence electrons. The number of halogens is 1. The summed E-state index contributed by atoms with van der Waals surface area (Å²) in [5, 5.41) is 0.374. The van der Waals surface area contributed by atoms with Crippen molar-refractivity contribution in [3.05, 3.63) is 17.0 Å². The molecule has 5 nitrogen and oxygen atoms in total. The molecule has 0 amide bonds. The van der Waals surface area contributed by atoms with Gasteiger partial charge in [0, 0.05) is 26.4 Å². The molecule has 0 saturated carbocycles. The molecular formula is C12H17ClN2O3. The van der Waals surface area contributed by atoms with E-state index in [9.17, 15) is 0 Å².